The lowest BCUT2D eigenvalue weighted by Gasteiger charge is -2.14. The number of anilines is 1. The monoisotopic (exact) mass is 581 g/mol. The van der Waals surface area contributed by atoms with Crippen LogP contribution in [0.25, 0.3) is 0 Å². The first-order valence-corrected chi connectivity index (χ1v) is 13.9. The van der Waals surface area contributed by atoms with Crippen LogP contribution in [-0.4, -0.2) is 47.9 Å². The summed E-state index contributed by atoms with van der Waals surface area (Å²) in [4.78, 5) is 40.6. The smallest absolute Gasteiger partial charge is 0.295 e. The number of nitrogens with zero attached hydrogens (tertiary/aromatic N) is 2. The zero-order valence-corrected chi connectivity index (χ0v) is 23.2. The van der Waals surface area contributed by atoms with E-state index in [0.717, 1.165) is 5.56 Å². The zero-order valence-electron chi connectivity index (χ0n) is 22.4. The average Bonchev–Trinajstić information content (AvgIpc) is 2.94. The van der Waals surface area contributed by atoms with Gasteiger partial charge in [-0.3, -0.25) is 35.2 Å². The quantitative estimate of drug-likeness (QED) is 0.111. The van der Waals surface area contributed by atoms with Crippen LogP contribution in [-0.2, 0) is 21.5 Å². The van der Waals surface area contributed by atoms with Crippen molar-refractivity contribution in [1.29, 1.82) is 0 Å². The number of rotatable bonds is 11. The van der Waals surface area contributed by atoms with E-state index in [2.05, 4.69) is 31.7 Å². The number of hydrogen-bond acceptors (Lipinski definition) is 9. The van der Waals surface area contributed by atoms with Crippen molar-refractivity contribution in [2.45, 2.75) is 37.8 Å². The lowest BCUT2D eigenvalue weighted by molar-refractivity contribution is -0.123. The van der Waals surface area contributed by atoms with Gasteiger partial charge in [-0.25, -0.2) is 4.98 Å². The molecule has 41 heavy (non-hydrogen) atoms. The van der Waals surface area contributed by atoms with Crippen LogP contribution in [0.15, 0.2) is 76.9 Å². The Morgan fingerprint density at radius 1 is 0.976 bits per heavy atom. The standard InChI is InChI=1S/C27H31N7O6S/c1-17(2)13-22(28)27(37)34-33-26(36)19-9-7-18(8-10-19)14-30-25(35)21-11-12-24(29-15-21)32-31-16-20-5-3-4-6-23(20)41(38,39)40/h3-12,15-17,22H,13-14,28H2,1-2H3,(H,29,32)(H,30,35)(H,33,36)(H,34,37)(H,38,39,40)/b31-16+/t22-/m0/s1. The Hall–Kier alpha value is -4.66. The minimum Gasteiger partial charge on any atom is -0.348 e. The van der Waals surface area contributed by atoms with E-state index in [9.17, 15) is 27.4 Å². The molecule has 1 aromatic heterocycles. The first-order chi connectivity index (χ1) is 19.4. The molecule has 0 fully saturated rings. The molecule has 0 saturated heterocycles. The van der Waals surface area contributed by atoms with Crippen LogP contribution in [0.4, 0.5) is 5.82 Å². The SMILES string of the molecule is CC(C)C[C@H](N)C(=O)NNC(=O)c1ccc(CNC(=O)c2ccc(N/N=C/c3ccccc3S(=O)(=O)O)nc2)cc1. The maximum Gasteiger partial charge on any atom is 0.295 e. The molecular weight excluding hydrogens is 550 g/mol. The van der Waals surface area contributed by atoms with E-state index in [1.165, 1.54) is 42.7 Å². The topological polar surface area (TPSA) is 205 Å². The third-order valence-electron chi connectivity index (χ3n) is 5.64. The molecule has 0 aliphatic heterocycles. The molecule has 0 aliphatic rings. The van der Waals surface area contributed by atoms with E-state index in [-0.39, 0.29) is 28.8 Å². The van der Waals surface area contributed by atoms with Crippen LogP contribution in [0, 0.1) is 5.92 Å². The van der Waals surface area contributed by atoms with Gasteiger partial charge < -0.3 is 11.1 Å². The fourth-order valence-corrected chi connectivity index (χ4v) is 4.21. The number of amides is 3. The molecule has 3 amide bonds. The zero-order chi connectivity index (χ0) is 30.0. The highest BCUT2D eigenvalue weighted by Crippen LogP contribution is 2.13. The fraction of sp³-hybridized carbons (Fsp3) is 0.222. The predicted octanol–water partition coefficient (Wildman–Crippen LogP) is 1.84. The van der Waals surface area contributed by atoms with Gasteiger partial charge in [-0.15, -0.1) is 0 Å². The summed E-state index contributed by atoms with van der Waals surface area (Å²) in [7, 11) is -4.40. The van der Waals surface area contributed by atoms with Crippen LogP contribution in [0.5, 0.6) is 0 Å². The molecule has 3 rings (SSSR count). The van der Waals surface area contributed by atoms with Gasteiger partial charge in [0.15, 0.2) is 0 Å². The highest BCUT2D eigenvalue weighted by Gasteiger charge is 2.16. The highest BCUT2D eigenvalue weighted by atomic mass is 32.2. The fourth-order valence-electron chi connectivity index (χ4n) is 3.54. The number of hydrazone groups is 1. The summed E-state index contributed by atoms with van der Waals surface area (Å²) >= 11 is 0. The number of nitrogens with one attached hydrogen (secondary N) is 4. The van der Waals surface area contributed by atoms with Gasteiger partial charge in [0.25, 0.3) is 27.8 Å². The Kier molecular flexibility index (Phi) is 10.6. The van der Waals surface area contributed by atoms with Crippen LogP contribution >= 0.6 is 0 Å². The summed E-state index contributed by atoms with van der Waals surface area (Å²) in [6.45, 7) is 4.08. The number of nitrogens with two attached hydrogens (primary N) is 1. The second-order valence-corrected chi connectivity index (χ2v) is 10.8. The molecule has 216 valence electrons. The second kappa shape index (κ2) is 14.1. The second-order valence-electron chi connectivity index (χ2n) is 9.37. The first kappa shape index (κ1) is 30.9. The summed E-state index contributed by atoms with van der Waals surface area (Å²) in [5.74, 6) is -0.812. The average molecular weight is 582 g/mol. The molecule has 14 heteroatoms. The summed E-state index contributed by atoms with van der Waals surface area (Å²) < 4.78 is 32.2. The van der Waals surface area contributed by atoms with Crippen molar-refractivity contribution >= 4 is 39.9 Å². The van der Waals surface area contributed by atoms with Crippen molar-refractivity contribution in [2.24, 2.45) is 16.8 Å². The molecule has 0 spiro atoms. The highest BCUT2D eigenvalue weighted by molar-refractivity contribution is 7.86. The summed E-state index contributed by atoms with van der Waals surface area (Å²) in [5, 5.41) is 6.68. The van der Waals surface area contributed by atoms with E-state index < -0.39 is 28.0 Å². The maximum absolute atomic E-state index is 12.5. The van der Waals surface area contributed by atoms with Crippen LogP contribution in [0.1, 0.15) is 52.1 Å². The van der Waals surface area contributed by atoms with Gasteiger partial charge in [-0.1, -0.05) is 44.2 Å². The van der Waals surface area contributed by atoms with Gasteiger partial charge in [0.2, 0.25) is 0 Å². The van der Waals surface area contributed by atoms with E-state index >= 15 is 0 Å². The van der Waals surface area contributed by atoms with Gasteiger partial charge in [-0.05, 0) is 48.2 Å². The Balaban J connectivity index is 1.48. The molecule has 1 atom stereocenters. The Labute approximate surface area is 237 Å². The van der Waals surface area contributed by atoms with Gasteiger partial charge in [0, 0.05) is 23.9 Å². The minimum absolute atomic E-state index is 0.181. The molecule has 2 aromatic carbocycles. The van der Waals surface area contributed by atoms with Crippen LogP contribution in [0.3, 0.4) is 0 Å². The summed E-state index contributed by atoms with van der Waals surface area (Å²) in [6.07, 6.45) is 3.05. The molecule has 0 bridgehead atoms. The predicted molar refractivity (Wildman–Crippen MR) is 152 cm³/mol. The number of hydrogen-bond donors (Lipinski definition) is 6. The van der Waals surface area contributed by atoms with Gasteiger partial charge in [-0.2, -0.15) is 13.5 Å². The molecule has 0 unspecified atom stereocenters. The van der Waals surface area contributed by atoms with Crippen LogP contribution < -0.4 is 27.3 Å². The van der Waals surface area contributed by atoms with Gasteiger partial charge in [0.05, 0.1) is 17.8 Å². The van der Waals surface area contributed by atoms with E-state index in [1.807, 2.05) is 13.8 Å². The largest absolute Gasteiger partial charge is 0.348 e. The lowest BCUT2D eigenvalue weighted by atomic mass is 10.0. The van der Waals surface area contributed by atoms with Crippen molar-refractivity contribution in [3.8, 4) is 0 Å². The van der Waals surface area contributed by atoms with Crippen LogP contribution in [0.2, 0.25) is 0 Å². The van der Waals surface area contributed by atoms with Crippen molar-refractivity contribution in [3.05, 3.63) is 89.1 Å². The number of benzene rings is 2. The van der Waals surface area contributed by atoms with Crippen molar-refractivity contribution in [1.82, 2.24) is 21.2 Å². The third kappa shape index (κ3) is 9.49. The molecule has 1 heterocycles. The van der Waals surface area contributed by atoms with Crippen molar-refractivity contribution in [2.75, 3.05) is 5.43 Å². The minimum atomic E-state index is -4.40. The normalized spacial score (nSPS) is 12.1. The molecular formula is C27H31N7O6S. The number of hydrazine groups is 1. The summed E-state index contributed by atoms with van der Waals surface area (Å²) in [5.41, 5.74) is 14.6. The molecule has 13 nitrogen and oxygen atoms in total. The number of carbonyl (C=O) groups excluding carboxylic acids is 3. The molecule has 0 radical (unpaired) electrons. The molecule has 0 aliphatic carbocycles. The van der Waals surface area contributed by atoms with Crippen molar-refractivity contribution in [3.63, 3.8) is 0 Å². The van der Waals surface area contributed by atoms with Gasteiger partial charge >= 0.3 is 0 Å². The first-order valence-electron chi connectivity index (χ1n) is 12.5. The van der Waals surface area contributed by atoms with Crippen molar-refractivity contribution < 1.29 is 27.4 Å². The Morgan fingerprint density at radius 2 is 1.66 bits per heavy atom. The number of carbonyl (C=O) groups is 3. The Morgan fingerprint density at radius 3 is 2.29 bits per heavy atom. The van der Waals surface area contributed by atoms with Gasteiger partial charge in [0.1, 0.15) is 10.7 Å². The summed E-state index contributed by atoms with van der Waals surface area (Å²) in [6, 6.07) is 14.6. The Bertz CT molecular complexity index is 1510. The number of pyridine rings is 1. The maximum atomic E-state index is 12.5. The number of aromatic nitrogens is 1. The van der Waals surface area contributed by atoms with E-state index in [1.54, 1.807) is 30.3 Å². The van der Waals surface area contributed by atoms with E-state index in [0.29, 0.717) is 23.4 Å². The third-order valence-corrected chi connectivity index (χ3v) is 6.56. The molecule has 0 saturated carbocycles. The molecule has 7 N–H and O–H groups in total. The molecule has 3 aromatic rings. The lowest BCUT2D eigenvalue weighted by Crippen LogP contribution is -2.49. The van der Waals surface area contributed by atoms with E-state index in [4.69, 9.17) is 5.73 Å².